The number of aromatic nitrogens is 1. The second-order valence-electron chi connectivity index (χ2n) is 8.94. The maximum Gasteiger partial charge on any atom is 0.283 e. The molecule has 0 fully saturated rings. The number of halogens is 1. The first-order valence-corrected chi connectivity index (χ1v) is 13.1. The Morgan fingerprint density at radius 2 is 1.80 bits per heavy atom. The van der Waals surface area contributed by atoms with Crippen molar-refractivity contribution in [2.45, 2.75) is 13.8 Å². The average Bonchev–Trinajstić information content (AvgIpc) is 3.49. The molecule has 1 aliphatic rings. The zero-order valence-electron chi connectivity index (χ0n) is 21.1. The number of aryl methyl sites for hydroxylation is 2. The van der Waals surface area contributed by atoms with Gasteiger partial charge in [-0.05, 0) is 61.4 Å². The molecule has 4 aromatic rings. The molecule has 0 atom stereocenters. The summed E-state index contributed by atoms with van der Waals surface area (Å²) in [6.07, 6.45) is 0. The summed E-state index contributed by atoms with van der Waals surface area (Å²) in [5.41, 5.74) is 4.05. The molecule has 3 aromatic carbocycles. The molecule has 10 nitrogen and oxygen atoms in total. The lowest BCUT2D eigenvalue weighted by Gasteiger charge is -2.21. The molecule has 0 saturated heterocycles. The Morgan fingerprint density at radius 1 is 1.05 bits per heavy atom. The van der Waals surface area contributed by atoms with Crippen LogP contribution >= 0.6 is 22.9 Å². The lowest BCUT2D eigenvalue weighted by molar-refractivity contribution is -0.120. The summed E-state index contributed by atoms with van der Waals surface area (Å²) in [7, 11) is 0. The Bertz CT molecular complexity index is 1680. The molecule has 0 bridgehead atoms. The zero-order chi connectivity index (χ0) is 28.6. The molecule has 3 N–H and O–H groups in total. The Balaban J connectivity index is 1.30. The van der Waals surface area contributed by atoms with Gasteiger partial charge in [0, 0.05) is 22.2 Å². The Labute approximate surface area is 237 Å². The Hall–Kier alpha value is -4.55. The SMILES string of the molecule is Cc1ccc(C)c(N2C(=O)C(Cl)=C(Nc3cccc(C(=O)Nc4nc(-c5ccc(N([O-])O)cc5)cs4)c3)C2=O)c1. The molecule has 202 valence electrons. The molecular weight excluding hydrogens is 554 g/mol. The van der Waals surface area contributed by atoms with E-state index in [2.05, 4.69) is 15.6 Å². The third-order valence-electron chi connectivity index (χ3n) is 6.14. The minimum Gasteiger partial charge on any atom is -0.733 e. The highest BCUT2D eigenvalue weighted by atomic mass is 35.5. The van der Waals surface area contributed by atoms with Crippen LogP contribution in [0.2, 0.25) is 0 Å². The molecule has 0 aliphatic carbocycles. The summed E-state index contributed by atoms with van der Waals surface area (Å²) < 4.78 is 0. The van der Waals surface area contributed by atoms with Crippen LogP contribution in [-0.2, 0) is 9.59 Å². The average molecular weight is 575 g/mol. The summed E-state index contributed by atoms with van der Waals surface area (Å²) in [5, 5.41) is 27.2. The van der Waals surface area contributed by atoms with Crippen molar-refractivity contribution < 1.29 is 19.6 Å². The van der Waals surface area contributed by atoms with Crippen LogP contribution in [0.4, 0.5) is 22.2 Å². The largest absolute Gasteiger partial charge is 0.733 e. The van der Waals surface area contributed by atoms with E-state index >= 15 is 0 Å². The molecule has 12 heteroatoms. The molecule has 0 radical (unpaired) electrons. The van der Waals surface area contributed by atoms with Crippen LogP contribution in [0, 0.1) is 19.1 Å². The number of carbonyl (C=O) groups excluding carboxylic acids is 3. The van der Waals surface area contributed by atoms with Gasteiger partial charge in [-0.15, -0.1) is 11.3 Å². The number of imide groups is 1. The maximum absolute atomic E-state index is 13.2. The number of amides is 3. The number of anilines is 4. The summed E-state index contributed by atoms with van der Waals surface area (Å²) in [4.78, 5) is 44.5. The number of hydrogen-bond acceptors (Lipinski definition) is 9. The van der Waals surface area contributed by atoms with E-state index in [-0.39, 0.29) is 27.2 Å². The van der Waals surface area contributed by atoms with Crippen molar-refractivity contribution in [1.29, 1.82) is 0 Å². The van der Waals surface area contributed by atoms with E-state index in [0.717, 1.165) is 16.0 Å². The standard InChI is InChI=1S/C28H21ClN5O5S/c1-15-6-7-16(2)22(12-15)33-26(36)23(29)24(27(33)37)30-19-5-3-4-18(13-19)25(35)32-28-31-21(14-40-28)17-8-10-20(11-9-17)34(38)39/h3-14,30,38H,1-2H3,(H,31,32,35)/q-1. The van der Waals surface area contributed by atoms with Crippen molar-refractivity contribution in [1.82, 2.24) is 4.98 Å². The predicted molar refractivity (Wildman–Crippen MR) is 154 cm³/mol. The first kappa shape index (κ1) is 27.0. The van der Waals surface area contributed by atoms with Gasteiger partial charge in [-0.1, -0.05) is 41.9 Å². The van der Waals surface area contributed by atoms with Gasteiger partial charge in [-0.2, -0.15) is 0 Å². The van der Waals surface area contributed by atoms with Gasteiger partial charge in [0.05, 0.1) is 17.1 Å². The molecule has 2 heterocycles. The minimum atomic E-state index is -0.632. The quantitative estimate of drug-likeness (QED) is 0.186. The van der Waals surface area contributed by atoms with Gasteiger partial charge >= 0.3 is 0 Å². The van der Waals surface area contributed by atoms with Gasteiger partial charge in [0.15, 0.2) is 5.13 Å². The molecular formula is C28H21ClN5O5S-. The van der Waals surface area contributed by atoms with Crippen molar-refractivity contribution in [2.75, 3.05) is 20.8 Å². The lowest BCUT2D eigenvalue weighted by Crippen LogP contribution is -2.33. The third kappa shape index (κ3) is 5.31. The van der Waals surface area contributed by atoms with Gasteiger partial charge in [0.25, 0.3) is 17.7 Å². The Kier molecular flexibility index (Phi) is 7.37. The number of carbonyl (C=O) groups is 3. The lowest BCUT2D eigenvalue weighted by atomic mass is 10.1. The highest BCUT2D eigenvalue weighted by Crippen LogP contribution is 2.33. The fraction of sp³-hybridized carbons (Fsp3) is 0.0714. The van der Waals surface area contributed by atoms with Crippen LogP contribution in [0.1, 0.15) is 21.5 Å². The minimum absolute atomic E-state index is 0.0815. The monoisotopic (exact) mass is 574 g/mol. The smallest absolute Gasteiger partial charge is 0.283 e. The van der Waals surface area contributed by atoms with Crippen LogP contribution in [-0.4, -0.2) is 27.9 Å². The molecule has 5 rings (SSSR count). The molecule has 1 aromatic heterocycles. The van der Waals surface area contributed by atoms with Crippen molar-refractivity contribution in [2.24, 2.45) is 0 Å². The maximum atomic E-state index is 13.2. The number of rotatable bonds is 7. The highest BCUT2D eigenvalue weighted by molar-refractivity contribution is 7.14. The van der Waals surface area contributed by atoms with Crippen molar-refractivity contribution in [3.63, 3.8) is 0 Å². The van der Waals surface area contributed by atoms with Gasteiger partial charge < -0.3 is 15.8 Å². The van der Waals surface area contributed by atoms with Gasteiger partial charge in [0.2, 0.25) is 0 Å². The molecule has 0 saturated carbocycles. The molecule has 1 aliphatic heterocycles. The van der Waals surface area contributed by atoms with E-state index in [1.165, 1.54) is 29.5 Å². The molecule has 0 unspecified atom stereocenters. The second-order valence-corrected chi connectivity index (χ2v) is 10.2. The van der Waals surface area contributed by atoms with Gasteiger partial charge in [0.1, 0.15) is 10.7 Å². The number of benzene rings is 3. The summed E-state index contributed by atoms with van der Waals surface area (Å²) >= 11 is 7.50. The van der Waals surface area contributed by atoms with Gasteiger partial charge in [-0.3, -0.25) is 24.9 Å². The van der Waals surface area contributed by atoms with Crippen molar-refractivity contribution in [3.8, 4) is 11.3 Å². The first-order valence-electron chi connectivity index (χ1n) is 11.9. The number of nitrogens with zero attached hydrogens (tertiary/aromatic N) is 3. The first-order chi connectivity index (χ1) is 19.1. The number of hydrogen-bond donors (Lipinski definition) is 3. The predicted octanol–water partition coefficient (Wildman–Crippen LogP) is 5.81. The van der Waals surface area contributed by atoms with E-state index in [1.807, 2.05) is 19.1 Å². The van der Waals surface area contributed by atoms with Crippen LogP contribution in [0.15, 0.2) is 82.8 Å². The second kappa shape index (κ2) is 10.9. The van der Waals surface area contributed by atoms with E-state index < -0.39 is 17.7 Å². The van der Waals surface area contributed by atoms with Crippen molar-refractivity contribution >= 4 is 62.9 Å². The van der Waals surface area contributed by atoms with Crippen LogP contribution in [0.5, 0.6) is 0 Å². The highest BCUT2D eigenvalue weighted by Gasteiger charge is 2.39. The van der Waals surface area contributed by atoms with Crippen molar-refractivity contribution in [3.05, 3.63) is 105 Å². The van der Waals surface area contributed by atoms with E-state index in [1.54, 1.807) is 48.7 Å². The van der Waals surface area contributed by atoms with Crippen LogP contribution < -0.4 is 20.8 Å². The van der Waals surface area contributed by atoms with Crippen LogP contribution in [0.25, 0.3) is 11.3 Å². The fourth-order valence-corrected chi connectivity index (χ4v) is 4.99. The topological polar surface area (TPSA) is 138 Å². The van der Waals surface area contributed by atoms with E-state index in [4.69, 9.17) is 16.8 Å². The molecule has 40 heavy (non-hydrogen) atoms. The fourth-order valence-electron chi connectivity index (χ4n) is 4.07. The van der Waals surface area contributed by atoms with E-state index in [0.29, 0.717) is 27.8 Å². The normalized spacial score (nSPS) is 13.2. The zero-order valence-corrected chi connectivity index (χ0v) is 22.7. The van der Waals surface area contributed by atoms with Gasteiger partial charge in [-0.25, -0.2) is 9.88 Å². The Morgan fingerprint density at radius 3 is 2.52 bits per heavy atom. The summed E-state index contributed by atoms with van der Waals surface area (Å²) in [6, 6.07) is 18.0. The van der Waals surface area contributed by atoms with E-state index in [9.17, 15) is 19.6 Å². The van der Waals surface area contributed by atoms with Crippen LogP contribution in [0.3, 0.4) is 0 Å². The third-order valence-corrected chi connectivity index (χ3v) is 7.24. The molecule has 0 spiro atoms. The number of thiazole rings is 1. The number of nitrogens with one attached hydrogen (secondary N) is 2. The summed E-state index contributed by atoms with van der Waals surface area (Å²) in [5.74, 6) is -1.66. The summed E-state index contributed by atoms with van der Waals surface area (Å²) in [6.45, 7) is 3.67. The molecule has 3 amide bonds.